The molecule has 1 N–H and O–H groups in total. The van der Waals surface area contributed by atoms with Gasteiger partial charge in [0.05, 0.1) is 5.56 Å². The molecule has 3 atom stereocenters. The second-order valence-corrected chi connectivity index (χ2v) is 5.14. The van der Waals surface area contributed by atoms with Gasteiger partial charge in [0.1, 0.15) is 0 Å². The zero-order chi connectivity index (χ0) is 12.3. The van der Waals surface area contributed by atoms with Crippen molar-refractivity contribution < 1.29 is 16.0 Å². The Bertz CT molecular complexity index is 446. The fraction of sp³-hybridized carbons (Fsp3) is 0.538. The third-order valence-electron chi connectivity index (χ3n) is 4.50. The lowest BCUT2D eigenvalue weighted by Crippen LogP contribution is -2.22. The predicted octanol–water partition coefficient (Wildman–Crippen LogP) is 3.30. The third-order valence-corrected chi connectivity index (χ3v) is 4.50. The van der Waals surface area contributed by atoms with E-state index in [9.17, 15) is 13.2 Å². The topological polar surface area (TPSA) is 12.0 Å². The molecule has 1 aliphatic carbocycles. The molecular weight excluding hydrogens is 227 g/mol. The van der Waals surface area contributed by atoms with Crippen molar-refractivity contribution in [2.75, 3.05) is 13.1 Å². The highest BCUT2D eigenvalue weighted by Crippen LogP contribution is 2.61. The largest absolute Gasteiger partial charge is 0.416 e. The van der Waals surface area contributed by atoms with E-state index in [1.54, 1.807) is 12.1 Å². The summed E-state index contributed by atoms with van der Waals surface area (Å²) in [4.78, 5) is 0. The van der Waals surface area contributed by atoms with Crippen molar-refractivity contribution in [3.8, 4) is 0 Å². The van der Waals surface area contributed by atoms with Gasteiger partial charge in [-0.05, 0) is 36.1 Å². The maximum Gasteiger partial charge on any atom is 0.416 e. The first kappa shape index (κ1) is 11.1. The van der Waals surface area contributed by atoms with Crippen LogP contribution in [0, 0.1) is 11.8 Å². The van der Waals surface area contributed by atoms with Crippen LogP contribution >= 0.6 is 0 Å². The molecule has 2 aliphatic rings. The zero-order valence-corrected chi connectivity index (χ0v) is 9.51. The van der Waals surface area contributed by atoms with Crippen LogP contribution in [0.3, 0.4) is 0 Å². The SMILES string of the molecule is CC1C2CNC[C@@]12c1ccc(C(F)(F)F)cc1.[HH].[HH]. The smallest absolute Gasteiger partial charge is 0.316 e. The molecule has 1 aromatic carbocycles. The second kappa shape index (κ2) is 3.25. The van der Waals surface area contributed by atoms with Crippen molar-refractivity contribution >= 4 is 0 Å². The first-order valence-corrected chi connectivity index (χ1v) is 5.85. The number of alkyl halides is 3. The minimum atomic E-state index is -4.24. The lowest BCUT2D eigenvalue weighted by molar-refractivity contribution is -0.137. The van der Waals surface area contributed by atoms with Gasteiger partial charge in [0.15, 0.2) is 0 Å². The summed E-state index contributed by atoms with van der Waals surface area (Å²) in [7, 11) is 0. The molecule has 0 bridgehead atoms. The Morgan fingerprint density at radius 3 is 2.41 bits per heavy atom. The lowest BCUT2D eigenvalue weighted by Gasteiger charge is -2.15. The number of benzene rings is 1. The van der Waals surface area contributed by atoms with E-state index in [1.807, 2.05) is 0 Å². The van der Waals surface area contributed by atoms with Crippen molar-refractivity contribution in [2.24, 2.45) is 11.8 Å². The normalized spacial score (nSPS) is 35.8. The maximum atomic E-state index is 12.5. The van der Waals surface area contributed by atoms with Crippen LogP contribution in [0.5, 0.6) is 0 Å². The lowest BCUT2D eigenvalue weighted by atomic mass is 9.92. The quantitative estimate of drug-likeness (QED) is 0.800. The molecule has 1 aliphatic heterocycles. The van der Waals surface area contributed by atoms with Gasteiger partial charge >= 0.3 is 6.18 Å². The molecule has 3 rings (SSSR count). The summed E-state index contributed by atoms with van der Waals surface area (Å²) < 4.78 is 37.4. The van der Waals surface area contributed by atoms with Crippen molar-refractivity contribution in [2.45, 2.75) is 18.5 Å². The molecule has 4 heteroatoms. The third kappa shape index (κ3) is 1.43. The molecule has 17 heavy (non-hydrogen) atoms. The molecule has 0 aromatic heterocycles. The molecule has 1 heterocycles. The van der Waals surface area contributed by atoms with Crippen molar-refractivity contribution in [3.63, 3.8) is 0 Å². The molecule has 2 fully saturated rings. The number of nitrogens with one attached hydrogen (secondary N) is 1. The first-order chi connectivity index (χ1) is 7.96. The standard InChI is InChI=1S/C13H14F3N.2H2/c1-8-11-6-17-7-12(8,11)9-2-4-10(5-3-9)13(14,15)16;;/h2-5,8,11,17H,6-7H2,1H3;2*1H/t8?,11?,12-;;/m0../s1. The molecule has 1 nitrogen and oxygen atoms in total. The average Bonchev–Trinajstić information content (AvgIpc) is 2.70. The Labute approximate surface area is 101 Å². The fourth-order valence-electron chi connectivity index (χ4n) is 3.36. The van der Waals surface area contributed by atoms with Gasteiger partial charge in [-0.15, -0.1) is 0 Å². The average molecular weight is 245 g/mol. The van der Waals surface area contributed by atoms with Gasteiger partial charge in [0.25, 0.3) is 0 Å². The molecule has 2 unspecified atom stereocenters. The Kier molecular flexibility index (Phi) is 2.12. The Balaban J connectivity index is 0.000000902. The Morgan fingerprint density at radius 1 is 1.29 bits per heavy atom. The summed E-state index contributed by atoms with van der Waals surface area (Å²) in [6.07, 6.45) is -4.24. The summed E-state index contributed by atoms with van der Waals surface area (Å²) in [5.74, 6) is 1.18. The summed E-state index contributed by atoms with van der Waals surface area (Å²) in [6, 6.07) is 5.69. The van der Waals surface area contributed by atoms with Gasteiger partial charge in [0.2, 0.25) is 0 Å². The summed E-state index contributed by atoms with van der Waals surface area (Å²) >= 11 is 0. The zero-order valence-electron chi connectivity index (χ0n) is 9.51. The van der Waals surface area contributed by atoms with Gasteiger partial charge in [-0.2, -0.15) is 13.2 Å². The van der Waals surface area contributed by atoms with Crippen LogP contribution in [0.2, 0.25) is 0 Å². The fourth-order valence-corrected chi connectivity index (χ4v) is 3.36. The summed E-state index contributed by atoms with van der Waals surface area (Å²) in [6.45, 7) is 4.07. The van der Waals surface area contributed by atoms with E-state index in [-0.39, 0.29) is 8.27 Å². The number of rotatable bonds is 1. The molecule has 96 valence electrons. The highest BCUT2D eigenvalue weighted by Gasteiger charge is 2.64. The second-order valence-electron chi connectivity index (χ2n) is 5.14. The monoisotopic (exact) mass is 245 g/mol. The van der Waals surface area contributed by atoms with Crippen LogP contribution in [-0.4, -0.2) is 13.1 Å². The van der Waals surface area contributed by atoms with E-state index >= 15 is 0 Å². The van der Waals surface area contributed by atoms with Crippen LogP contribution in [0.15, 0.2) is 24.3 Å². The van der Waals surface area contributed by atoms with E-state index in [0.29, 0.717) is 11.8 Å². The minimum absolute atomic E-state index is 0. The van der Waals surface area contributed by atoms with Crippen molar-refractivity contribution in [3.05, 3.63) is 35.4 Å². The molecule has 1 aromatic rings. The number of piperidine rings is 1. The molecule has 0 spiro atoms. The molecule has 0 radical (unpaired) electrons. The van der Waals surface area contributed by atoms with E-state index in [0.717, 1.165) is 18.7 Å². The van der Waals surface area contributed by atoms with Crippen LogP contribution in [0.4, 0.5) is 13.2 Å². The highest BCUT2D eigenvalue weighted by molar-refractivity contribution is 5.41. The maximum absolute atomic E-state index is 12.5. The van der Waals surface area contributed by atoms with Gasteiger partial charge in [0, 0.05) is 14.8 Å². The van der Waals surface area contributed by atoms with E-state index in [1.165, 1.54) is 12.1 Å². The van der Waals surface area contributed by atoms with E-state index in [2.05, 4.69) is 12.2 Å². The van der Waals surface area contributed by atoms with Gasteiger partial charge in [-0.25, -0.2) is 0 Å². The van der Waals surface area contributed by atoms with Crippen LogP contribution in [0.1, 0.15) is 20.9 Å². The predicted molar refractivity (Wildman–Crippen MR) is 62.9 cm³/mol. The molecular formula is C13H18F3N. The molecule has 1 saturated carbocycles. The van der Waals surface area contributed by atoms with E-state index in [4.69, 9.17) is 0 Å². The van der Waals surface area contributed by atoms with Crippen LogP contribution in [-0.2, 0) is 11.6 Å². The number of fused-ring (bicyclic) bond motifs is 1. The minimum Gasteiger partial charge on any atom is -0.316 e. The number of halogens is 3. The summed E-state index contributed by atoms with van der Waals surface area (Å²) in [5, 5.41) is 3.31. The van der Waals surface area contributed by atoms with Crippen LogP contribution in [0.25, 0.3) is 0 Å². The van der Waals surface area contributed by atoms with E-state index < -0.39 is 11.7 Å². The van der Waals surface area contributed by atoms with Crippen molar-refractivity contribution in [1.82, 2.24) is 5.32 Å². The van der Waals surface area contributed by atoms with Gasteiger partial charge in [-0.3, -0.25) is 0 Å². The number of hydrogen-bond donors (Lipinski definition) is 1. The van der Waals surface area contributed by atoms with Gasteiger partial charge in [-0.1, -0.05) is 19.1 Å². The highest BCUT2D eigenvalue weighted by atomic mass is 19.4. The number of hydrogen-bond acceptors (Lipinski definition) is 1. The Morgan fingerprint density at radius 2 is 1.94 bits per heavy atom. The van der Waals surface area contributed by atoms with Gasteiger partial charge < -0.3 is 5.32 Å². The van der Waals surface area contributed by atoms with Crippen molar-refractivity contribution in [1.29, 1.82) is 0 Å². The Hall–Kier alpha value is -1.03. The molecule has 0 amide bonds. The molecule has 1 saturated heterocycles. The van der Waals surface area contributed by atoms with Crippen LogP contribution < -0.4 is 5.32 Å². The first-order valence-electron chi connectivity index (χ1n) is 5.85. The summed E-state index contributed by atoms with van der Waals surface area (Å²) in [5.41, 5.74) is 0.589.